The number of carbonyl (C=O) groups excluding carboxylic acids is 1. The van der Waals surface area contributed by atoms with Crippen molar-refractivity contribution in [2.45, 2.75) is 6.42 Å². The molecular formula is C21H15NOS. The quantitative estimate of drug-likeness (QED) is 0.470. The van der Waals surface area contributed by atoms with Gasteiger partial charge in [-0.05, 0) is 52.2 Å². The van der Waals surface area contributed by atoms with Gasteiger partial charge in [0, 0.05) is 23.7 Å². The Morgan fingerprint density at radius 3 is 2.50 bits per heavy atom. The highest BCUT2D eigenvalue weighted by atomic mass is 32.1. The zero-order valence-electron chi connectivity index (χ0n) is 13.0. The standard InChI is InChI=1S/C21H15NOS/c23-19(13-15-9-11-22-12-10-15)21-8-7-20(24-21)18-6-5-16-3-1-2-4-17(16)14-18/h1-12,14H,13H2. The molecule has 0 unspecified atom stereocenters. The molecule has 2 nitrogen and oxygen atoms in total. The highest BCUT2D eigenvalue weighted by molar-refractivity contribution is 7.17. The number of carbonyl (C=O) groups is 1. The molecule has 24 heavy (non-hydrogen) atoms. The van der Waals surface area contributed by atoms with E-state index >= 15 is 0 Å². The normalized spacial score (nSPS) is 10.8. The maximum atomic E-state index is 12.5. The number of ketones is 1. The van der Waals surface area contributed by atoms with Crippen molar-refractivity contribution in [2.75, 3.05) is 0 Å². The molecule has 0 aliphatic rings. The molecule has 0 bridgehead atoms. The van der Waals surface area contributed by atoms with Crippen LogP contribution >= 0.6 is 11.3 Å². The number of pyridine rings is 1. The second-order valence-electron chi connectivity index (χ2n) is 5.68. The number of benzene rings is 2. The molecule has 2 aromatic heterocycles. The Hall–Kier alpha value is -2.78. The Morgan fingerprint density at radius 1 is 0.875 bits per heavy atom. The maximum absolute atomic E-state index is 12.5. The average molecular weight is 329 g/mol. The first-order valence-electron chi connectivity index (χ1n) is 7.81. The minimum absolute atomic E-state index is 0.151. The molecule has 0 atom stereocenters. The lowest BCUT2D eigenvalue weighted by Crippen LogP contribution is -2.00. The molecule has 0 saturated heterocycles. The topological polar surface area (TPSA) is 30.0 Å². The summed E-state index contributed by atoms with van der Waals surface area (Å²) in [5, 5.41) is 2.44. The summed E-state index contributed by atoms with van der Waals surface area (Å²) in [5.74, 6) is 0.151. The van der Waals surface area contributed by atoms with Crippen molar-refractivity contribution in [1.82, 2.24) is 4.98 Å². The minimum atomic E-state index is 0.151. The van der Waals surface area contributed by atoms with E-state index < -0.39 is 0 Å². The van der Waals surface area contributed by atoms with E-state index in [1.54, 1.807) is 23.7 Å². The van der Waals surface area contributed by atoms with Crippen LogP contribution in [0.1, 0.15) is 15.2 Å². The van der Waals surface area contributed by atoms with Gasteiger partial charge in [0.05, 0.1) is 4.88 Å². The Kier molecular flexibility index (Phi) is 3.93. The molecule has 0 fully saturated rings. The lowest BCUT2D eigenvalue weighted by molar-refractivity contribution is 0.0997. The molecule has 116 valence electrons. The van der Waals surface area contributed by atoms with Gasteiger partial charge in [-0.2, -0.15) is 0 Å². The van der Waals surface area contributed by atoms with E-state index in [0.717, 1.165) is 20.9 Å². The van der Waals surface area contributed by atoms with Crippen LogP contribution in [0, 0.1) is 0 Å². The Labute approximate surface area is 144 Å². The van der Waals surface area contributed by atoms with E-state index in [2.05, 4.69) is 35.3 Å². The highest BCUT2D eigenvalue weighted by Crippen LogP contribution is 2.31. The fourth-order valence-electron chi connectivity index (χ4n) is 2.76. The molecule has 0 radical (unpaired) electrons. The Balaban J connectivity index is 1.60. The maximum Gasteiger partial charge on any atom is 0.177 e. The third-order valence-corrected chi connectivity index (χ3v) is 5.20. The Bertz CT molecular complexity index is 1000. The number of fused-ring (bicyclic) bond motifs is 1. The van der Waals surface area contributed by atoms with Crippen molar-refractivity contribution in [3.63, 3.8) is 0 Å². The van der Waals surface area contributed by atoms with Gasteiger partial charge in [-0.3, -0.25) is 9.78 Å². The van der Waals surface area contributed by atoms with Gasteiger partial charge in [-0.15, -0.1) is 11.3 Å². The first-order chi connectivity index (χ1) is 11.8. The number of thiophene rings is 1. The number of aromatic nitrogens is 1. The van der Waals surface area contributed by atoms with Crippen molar-refractivity contribution >= 4 is 27.9 Å². The SMILES string of the molecule is O=C(Cc1ccncc1)c1ccc(-c2ccc3ccccc3c2)s1. The molecule has 0 amide bonds. The van der Waals surface area contributed by atoms with Crippen LogP contribution in [-0.2, 0) is 6.42 Å². The molecule has 2 heterocycles. The lowest BCUT2D eigenvalue weighted by Gasteiger charge is -2.01. The van der Waals surface area contributed by atoms with E-state index in [-0.39, 0.29) is 5.78 Å². The monoisotopic (exact) mass is 329 g/mol. The largest absolute Gasteiger partial charge is 0.293 e. The molecule has 2 aromatic carbocycles. The van der Waals surface area contributed by atoms with E-state index in [1.165, 1.54) is 10.8 Å². The number of hydrogen-bond donors (Lipinski definition) is 0. The first kappa shape index (κ1) is 14.8. The number of nitrogens with zero attached hydrogens (tertiary/aromatic N) is 1. The molecule has 3 heteroatoms. The van der Waals surface area contributed by atoms with Gasteiger partial charge < -0.3 is 0 Å². The van der Waals surface area contributed by atoms with Crippen LogP contribution in [0.5, 0.6) is 0 Å². The summed E-state index contributed by atoms with van der Waals surface area (Å²) in [4.78, 5) is 18.4. The fraction of sp³-hybridized carbons (Fsp3) is 0.0476. The van der Waals surface area contributed by atoms with Crippen LogP contribution in [0.15, 0.2) is 79.1 Å². The Morgan fingerprint density at radius 2 is 1.67 bits per heavy atom. The summed E-state index contributed by atoms with van der Waals surface area (Å²) in [7, 11) is 0. The average Bonchev–Trinajstić information content (AvgIpc) is 3.12. The van der Waals surface area contributed by atoms with E-state index in [0.29, 0.717) is 6.42 Å². The third-order valence-electron chi connectivity index (χ3n) is 4.03. The van der Waals surface area contributed by atoms with Gasteiger partial charge in [0.25, 0.3) is 0 Å². The van der Waals surface area contributed by atoms with Crippen LogP contribution < -0.4 is 0 Å². The van der Waals surface area contributed by atoms with Crippen molar-refractivity contribution < 1.29 is 4.79 Å². The van der Waals surface area contributed by atoms with E-state index in [4.69, 9.17) is 0 Å². The summed E-state index contributed by atoms with van der Waals surface area (Å²) in [6, 6.07) is 22.5. The zero-order valence-corrected chi connectivity index (χ0v) is 13.8. The van der Waals surface area contributed by atoms with Gasteiger partial charge in [-0.1, -0.05) is 36.4 Å². The predicted molar refractivity (Wildman–Crippen MR) is 99.5 cm³/mol. The minimum Gasteiger partial charge on any atom is -0.293 e. The molecule has 4 aromatic rings. The number of Topliss-reactive ketones (excluding diaryl/α,β-unsaturated/α-hetero) is 1. The second-order valence-corrected chi connectivity index (χ2v) is 6.77. The molecular weight excluding hydrogens is 314 g/mol. The van der Waals surface area contributed by atoms with Crippen LogP contribution in [0.3, 0.4) is 0 Å². The molecule has 0 saturated carbocycles. The van der Waals surface area contributed by atoms with Gasteiger partial charge in [-0.25, -0.2) is 0 Å². The predicted octanol–water partition coefficient (Wildman–Crippen LogP) is 5.39. The summed E-state index contributed by atoms with van der Waals surface area (Å²) >= 11 is 1.56. The third kappa shape index (κ3) is 2.99. The van der Waals surface area contributed by atoms with Crippen LogP contribution in [-0.4, -0.2) is 10.8 Å². The summed E-state index contributed by atoms with van der Waals surface area (Å²) in [6.45, 7) is 0. The van der Waals surface area contributed by atoms with Gasteiger partial charge >= 0.3 is 0 Å². The second kappa shape index (κ2) is 6.38. The highest BCUT2D eigenvalue weighted by Gasteiger charge is 2.11. The van der Waals surface area contributed by atoms with Crippen molar-refractivity contribution in [3.05, 3.63) is 89.6 Å². The summed E-state index contributed by atoms with van der Waals surface area (Å²) in [5.41, 5.74) is 2.15. The van der Waals surface area contributed by atoms with E-state index in [9.17, 15) is 4.79 Å². The smallest absolute Gasteiger partial charge is 0.177 e. The van der Waals surface area contributed by atoms with Gasteiger partial charge in [0.2, 0.25) is 0 Å². The first-order valence-corrected chi connectivity index (χ1v) is 8.62. The van der Waals surface area contributed by atoms with Crippen molar-refractivity contribution in [1.29, 1.82) is 0 Å². The molecule has 0 aliphatic heterocycles. The van der Waals surface area contributed by atoms with Crippen LogP contribution in [0.2, 0.25) is 0 Å². The van der Waals surface area contributed by atoms with E-state index in [1.807, 2.05) is 36.4 Å². The lowest BCUT2D eigenvalue weighted by atomic mass is 10.1. The number of hydrogen-bond acceptors (Lipinski definition) is 3. The van der Waals surface area contributed by atoms with Gasteiger partial charge in [0.15, 0.2) is 5.78 Å². The van der Waals surface area contributed by atoms with Gasteiger partial charge in [0.1, 0.15) is 0 Å². The molecule has 4 rings (SSSR count). The van der Waals surface area contributed by atoms with Crippen LogP contribution in [0.4, 0.5) is 0 Å². The van der Waals surface area contributed by atoms with Crippen molar-refractivity contribution in [2.24, 2.45) is 0 Å². The van der Waals surface area contributed by atoms with Crippen molar-refractivity contribution in [3.8, 4) is 10.4 Å². The molecule has 0 spiro atoms. The van der Waals surface area contributed by atoms with Crippen LogP contribution in [0.25, 0.3) is 21.2 Å². The summed E-state index contributed by atoms with van der Waals surface area (Å²) < 4.78 is 0. The zero-order chi connectivity index (χ0) is 16.4. The molecule has 0 aliphatic carbocycles. The summed E-state index contributed by atoms with van der Waals surface area (Å²) in [6.07, 6.45) is 3.86. The fourth-order valence-corrected chi connectivity index (χ4v) is 3.70. The molecule has 0 N–H and O–H groups in total. The number of rotatable bonds is 4.